The van der Waals surface area contributed by atoms with Gasteiger partial charge in [0.2, 0.25) is 5.91 Å². The topological polar surface area (TPSA) is 105 Å². The maximum absolute atomic E-state index is 11.5. The second-order valence-corrected chi connectivity index (χ2v) is 5.41. The zero-order valence-electron chi connectivity index (χ0n) is 11.5. The Bertz CT molecular complexity index is 443. The van der Waals surface area contributed by atoms with Crippen LogP contribution in [0.3, 0.4) is 0 Å². The molecule has 1 aromatic heterocycles. The van der Waals surface area contributed by atoms with E-state index in [0.29, 0.717) is 35.8 Å². The molecule has 7 nitrogen and oxygen atoms in total. The lowest BCUT2D eigenvalue weighted by atomic mass is 10.3. The van der Waals surface area contributed by atoms with Crippen molar-refractivity contribution in [2.75, 3.05) is 23.5 Å². The van der Waals surface area contributed by atoms with Crippen LogP contribution in [-0.2, 0) is 4.79 Å². The van der Waals surface area contributed by atoms with Crippen molar-refractivity contribution >= 4 is 29.3 Å². The van der Waals surface area contributed by atoms with Gasteiger partial charge in [-0.2, -0.15) is 0 Å². The number of anilines is 2. The third-order valence-electron chi connectivity index (χ3n) is 2.87. The molecule has 1 aliphatic carbocycles. The fraction of sp³-hybridized carbons (Fsp3) is 0.583. The van der Waals surface area contributed by atoms with Gasteiger partial charge in [-0.25, -0.2) is 15.8 Å². The van der Waals surface area contributed by atoms with Crippen LogP contribution in [0.5, 0.6) is 0 Å². The molecule has 1 aromatic rings. The van der Waals surface area contributed by atoms with E-state index in [1.165, 1.54) is 11.8 Å². The van der Waals surface area contributed by atoms with Gasteiger partial charge in [-0.05, 0) is 25.5 Å². The summed E-state index contributed by atoms with van der Waals surface area (Å²) < 4.78 is 0. The summed E-state index contributed by atoms with van der Waals surface area (Å²) in [5, 5.41) is 6.79. The average Bonchev–Trinajstić information content (AvgIpc) is 3.27. The number of carbonyl (C=O) groups is 1. The first kappa shape index (κ1) is 14.9. The van der Waals surface area contributed by atoms with E-state index < -0.39 is 0 Å². The molecule has 1 aliphatic rings. The zero-order valence-corrected chi connectivity index (χ0v) is 12.3. The Hall–Kier alpha value is -1.54. The van der Waals surface area contributed by atoms with Crippen LogP contribution >= 0.6 is 11.8 Å². The van der Waals surface area contributed by atoms with Crippen molar-refractivity contribution < 1.29 is 4.79 Å². The Kier molecular flexibility index (Phi) is 5.42. The van der Waals surface area contributed by atoms with Crippen LogP contribution in [0, 0.1) is 0 Å². The van der Waals surface area contributed by atoms with E-state index in [9.17, 15) is 4.79 Å². The molecule has 0 spiro atoms. The van der Waals surface area contributed by atoms with Gasteiger partial charge in [0.05, 0.1) is 0 Å². The van der Waals surface area contributed by atoms with Crippen LogP contribution in [0.2, 0.25) is 0 Å². The molecule has 1 saturated carbocycles. The normalized spacial score (nSPS) is 13.9. The summed E-state index contributed by atoms with van der Waals surface area (Å²) >= 11 is 1.45. The number of hydrazine groups is 1. The second-order valence-electron chi connectivity index (χ2n) is 4.64. The van der Waals surface area contributed by atoms with Gasteiger partial charge in [-0.15, -0.1) is 0 Å². The largest absolute Gasteiger partial charge is 0.370 e. The molecule has 0 aliphatic heterocycles. The predicted octanol–water partition coefficient (Wildman–Crippen LogP) is 0.955. The summed E-state index contributed by atoms with van der Waals surface area (Å²) in [6, 6.07) is 2.17. The third-order valence-corrected chi connectivity index (χ3v) is 3.41. The van der Waals surface area contributed by atoms with Crippen LogP contribution in [0.1, 0.15) is 25.7 Å². The van der Waals surface area contributed by atoms with Gasteiger partial charge in [0.1, 0.15) is 11.6 Å². The van der Waals surface area contributed by atoms with Crippen molar-refractivity contribution in [2.45, 2.75) is 36.9 Å². The molecule has 0 atom stereocenters. The van der Waals surface area contributed by atoms with E-state index in [1.807, 2.05) is 6.26 Å². The van der Waals surface area contributed by atoms with Gasteiger partial charge < -0.3 is 16.1 Å². The number of nitrogens with zero attached hydrogens (tertiary/aromatic N) is 2. The number of amides is 1. The van der Waals surface area contributed by atoms with E-state index >= 15 is 0 Å². The SMILES string of the molecule is CSc1nc(NN)cc(NCCCC(=O)NC2CC2)n1. The van der Waals surface area contributed by atoms with Gasteiger partial charge >= 0.3 is 0 Å². The average molecular weight is 296 g/mol. The first-order valence-electron chi connectivity index (χ1n) is 6.64. The molecular formula is C12H20N6OS. The minimum atomic E-state index is 0.131. The maximum Gasteiger partial charge on any atom is 0.220 e. The Morgan fingerprint density at radius 2 is 2.20 bits per heavy atom. The fourth-order valence-corrected chi connectivity index (χ4v) is 2.05. The van der Waals surface area contributed by atoms with Crippen molar-refractivity contribution in [1.29, 1.82) is 0 Å². The number of nitrogens with two attached hydrogens (primary N) is 1. The van der Waals surface area contributed by atoms with Gasteiger partial charge in [-0.1, -0.05) is 11.8 Å². The number of aromatic nitrogens is 2. The zero-order chi connectivity index (χ0) is 14.4. The van der Waals surface area contributed by atoms with Crippen LogP contribution in [0.4, 0.5) is 11.6 Å². The maximum atomic E-state index is 11.5. The van der Waals surface area contributed by atoms with E-state index in [4.69, 9.17) is 5.84 Å². The predicted molar refractivity (Wildman–Crippen MR) is 80.5 cm³/mol. The van der Waals surface area contributed by atoms with Crippen molar-refractivity contribution in [2.24, 2.45) is 5.84 Å². The monoisotopic (exact) mass is 296 g/mol. The quantitative estimate of drug-likeness (QED) is 0.186. The second kappa shape index (κ2) is 7.30. The number of carbonyl (C=O) groups excluding carboxylic acids is 1. The molecule has 20 heavy (non-hydrogen) atoms. The molecule has 1 fully saturated rings. The minimum Gasteiger partial charge on any atom is -0.370 e. The highest BCUT2D eigenvalue weighted by molar-refractivity contribution is 7.98. The summed E-state index contributed by atoms with van der Waals surface area (Å²) in [5.74, 6) is 6.77. The molecule has 0 radical (unpaired) electrons. The molecule has 0 bridgehead atoms. The van der Waals surface area contributed by atoms with E-state index in [1.54, 1.807) is 6.07 Å². The lowest BCUT2D eigenvalue weighted by Gasteiger charge is -2.08. The van der Waals surface area contributed by atoms with Crippen molar-refractivity contribution in [3.8, 4) is 0 Å². The number of hydrogen-bond acceptors (Lipinski definition) is 7. The number of thioether (sulfide) groups is 1. The standard InChI is InChI=1S/C12H20N6OS/c1-20-12-16-9(7-10(17-12)18-13)14-6-2-3-11(19)15-8-4-5-8/h7-8H,2-6,13H2,1H3,(H,15,19)(H2,14,16,17,18). The first-order valence-corrected chi connectivity index (χ1v) is 7.86. The minimum absolute atomic E-state index is 0.131. The number of hydrogen-bond donors (Lipinski definition) is 4. The van der Waals surface area contributed by atoms with Crippen LogP contribution in [-0.4, -0.2) is 34.7 Å². The lowest BCUT2D eigenvalue weighted by molar-refractivity contribution is -0.121. The Morgan fingerprint density at radius 3 is 2.85 bits per heavy atom. The van der Waals surface area contributed by atoms with E-state index in [2.05, 4.69) is 26.0 Å². The third kappa shape index (κ3) is 4.86. The molecular weight excluding hydrogens is 276 g/mol. The first-order chi connectivity index (χ1) is 9.71. The molecule has 8 heteroatoms. The van der Waals surface area contributed by atoms with Crippen LogP contribution < -0.4 is 21.9 Å². The summed E-state index contributed by atoms with van der Waals surface area (Å²) in [6.07, 6.45) is 5.45. The van der Waals surface area contributed by atoms with Gasteiger partial charge in [-0.3, -0.25) is 4.79 Å². The lowest BCUT2D eigenvalue weighted by Crippen LogP contribution is -2.25. The molecule has 1 heterocycles. The summed E-state index contributed by atoms with van der Waals surface area (Å²) in [4.78, 5) is 20.0. The molecule has 5 N–H and O–H groups in total. The van der Waals surface area contributed by atoms with Crippen molar-refractivity contribution in [1.82, 2.24) is 15.3 Å². The van der Waals surface area contributed by atoms with Crippen LogP contribution in [0.15, 0.2) is 11.2 Å². The van der Waals surface area contributed by atoms with Gasteiger partial charge in [0.15, 0.2) is 5.16 Å². The highest BCUT2D eigenvalue weighted by Crippen LogP contribution is 2.19. The summed E-state index contributed by atoms with van der Waals surface area (Å²) in [6.45, 7) is 0.687. The smallest absolute Gasteiger partial charge is 0.220 e. The number of nitrogen functional groups attached to an aromatic ring is 1. The molecule has 1 amide bonds. The van der Waals surface area contributed by atoms with E-state index in [0.717, 1.165) is 19.3 Å². The number of nitrogens with one attached hydrogen (secondary N) is 3. The highest BCUT2D eigenvalue weighted by Gasteiger charge is 2.22. The van der Waals surface area contributed by atoms with Gasteiger partial charge in [0, 0.05) is 25.1 Å². The van der Waals surface area contributed by atoms with Crippen molar-refractivity contribution in [3.63, 3.8) is 0 Å². The summed E-state index contributed by atoms with van der Waals surface area (Å²) in [5.41, 5.74) is 2.51. The molecule has 110 valence electrons. The van der Waals surface area contributed by atoms with Crippen molar-refractivity contribution in [3.05, 3.63) is 6.07 Å². The molecule has 2 rings (SSSR count). The Balaban J connectivity index is 1.73. The number of rotatable bonds is 8. The Labute approximate surface area is 122 Å². The van der Waals surface area contributed by atoms with Gasteiger partial charge in [0.25, 0.3) is 0 Å². The van der Waals surface area contributed by atoms with Crippen LogP contribution in [0.25, 0.3) is 0 Å². The molecule has 0 unspecified atom stereocenters. The Morgan fingerprint density at radius 1 is 1.45 bits per heavy atom. The highest BCUT2D eigenvalue weighted by atomic mass is 32.2. The summed E-state index contributed by atoms with van der Waals surface area (Å²) in [7, 11) is 0. The molecule has 0 aromatic carbocycles. The fourth-order valence-electron chi connectivity index (χ4n) is 1.67. The van der Waals surface area contributed by atoms with E-state index in [-0.39, 0.29) is 5.91 Å². The molecule has 0 saturated heterocycles.